The van der Waals surface area contributed by atoms with Crippen LogP contribution in [-0.4, -0.2) is 25.9 Å². The average Bonchev–Trinajstić information content (AvgIpc) is 2.11. The Kier molecular flexibility index (Phi) is 3.59. The van der Waals surface area contributed by atoms with Crippen molar-refractivity contribution in [1.29, 1.82) is 0 Å². The van der Waals surface area contributed by atoms with Gasteiger partial charge >= 0.3 is 0 Å². The van der Waals surface area contributed by atoms with Crippen LogP contribution in [-0.2, 0) is 10.0 Å². The number of anilines is 1. The van der Waals surface area contributed by atoms with Crippen LogP contribution < -0.4 is 4.72 Å². The van der Waals surface area contributed by atoms with Crippen LogP contribution in [0.25, 0.3) is 0 Å². The van der Waals surface area contributed by atoms with E-state index in [1.54, 1.807) is 4.72 Å². The van der Waals surface area contributed by atoms with Crippen molar-refractivity contribution in [2.45, 2.75) is 0 Å². The topological polar surface area (TPSA) is 66.4 Å². The van der Waals surface area contributed by atoms with Gasteiger partial charge in [0.1, 0.15) is 17.3 Å². The highest BCUT2D eigenvalue weighted by atomic mass is 32.2. The third kappa shape index (κ3) is 3.14. The molecule has 0 spiro atoms. The van der Waals surface area contributed by atoms with Gasteiger partial charge in [0.25, 0.3) is 0 Å². The van der Waals surface area contributed by atoms with Crippen LogP contribution in [0.15, 0.2) is 18.2 Å². The minimum absolute atomic E-state index is 0.610. The van der Waals surface area contributed by atoms with Gasteiger partial charge in [0.15, 0.2) is 0 Å². The number of aliphatic hydroxyl groups is 1. The van der Waals surface area contributed by atoms with Gasteiger partial charge in [-0.1, -0.05) is 6.07 Å². The summed E-state index contributed by atoms with van der Waals surface area (Å²) in [5.41, 5.74) is -0.731. The maximum Gasteiger partial charge on any atom is 0.235 e. The van der Waals surface area contributed by atoms with E-state index in [0.29, 0.717) is 0 Å². The Bertz CT molecular complexity index is 427. The first-order chi connectivity index (χ1) is 6.96. The first-order valence-electron chi connectivity index (χ1n) is 4.01. The number of halogens is 2. The summed E-state index contributed by atoms with van der Waals surface area (Å²) in [4.78, 5) is 0. The normalized spacial score (nSPS) is 11.4. The lowest BCUT2D eigenvalue weighted by Crippen LogP contribution is -2.20. The molecule has 0 heterocycles. The minimum atomic E-state index is -3.91. The Morgan fingerprint density at radius 3 is 2.27 bits per heavy atom. The van der Waals surface area contributed by atoms with Crippen LogP contribution in [0.1, 0.15) is 0 Å². The Morgan fingerprint density at radius 1 is 1.27 bits per heavy atom. The van der Waals surface area contributed by atoms with Gasteiger partial charge in [-0.15, -0.1) is 0 Å². The van der Waals surface area contributed by atoms with Gasteiger partial charge in [-0.05, 0) is 12.1 Å². The molecule has 7 heteroatoms. The quantitative estimate of drug-likeness (QED) is 0.810. The molecule has 0 bridgehead atoms. The molecule has 0 fully saturated rings. The van der Waals surface area contributed by atoms with Crippen molar-refractivity contribution in [3.05, 3.63) is 29.8 Å². The van der Waals surface area contributed by atoms with E-state index in [-0.39, 0.29) is 0 Å². The molecule has 0 amide bonds. The third-order valence-corrected chi connectivity index (χ3v) is 2.82. The van der Waals surface area contributed by atoms with Crippen LogP contribution in [0, 0.1) is 11.6 Å². The summed E-state index contributed by atoms with van der Waals surface area (Å²) in [6, 6.07) is 2.98. The number of aliphatic hydroxyl groups excluding tert-OH is 1. The maximum atomic E-state index is 13.0. The molecule has 0 radical (unpaired) electrons. The lowest BCUT2D eigenvalue weighted by molar-refractivity contribution is 0.320. The standard InChI is InChI=1S/C8H9F2NO3S/c9-6-2-1-3-7(10)8(6)11-15(13,14)5-4-12/h1-3,11-12H,4-5H2. The first-order valence-corrected chi connectivity index (χ1v) is 5.67. The molecule has 2 N–H and O–H groups in total. The zero-order valence-electron chi connectivity index (χ0n) is 7.57. The lowest BCUT2D eigenvalue weighted by Gasteiger charge is -2.08. The first kappa shape index (κ1) is 11.9. The van der Waals surface area contributed by atoms with Crippen molar-refractivity contribution >= 4 is 15.7 Å². The largest absolute Gasteiger partial charge is 0.395 e. The van der Waals surface area contributed by atoms with Crippen molar-refractivity contribution in [2.75, 3.05) is 17.1 Å². The van der Waals surface area contributed by atoms with Crippen LogP contribution >= 0.6 is 0 Å². The summed E-state index contributed by atoms with van der Waals surface area (Å²) >= 11 is 0. The minimum Gasteiger partial charge on any atom is -0.395 e. The molecular weight excluding hydrogens is 228 g/mol. The molecule has 0 aliphatic rings. The van der Waals surface area contributed by atoms with Gasteiger partial charge in [0.2, 0.25) is 10.0 Å². The van der Waals surface area contributed by atoms with Gasteiger partial charge in [0, 0.05) is 0 Å². The predicted octanol–water partition coefficient (Wildman–Crippen LogP) is 0.699. The zero-order valence-corrected chi connectivity index (χ0v) is 8.39. The maximum absolute atomic E-state index is 13.0. The molecule has 0 aliphatic heterocycles. The van der Waals surface area contributed by atoms with Crippen LogP contribution in [0.2, 0.25) is 0 Å². The number of para-hydroxylation sites is 1. The fraction of sp³-hybridized carbons (Fsp3) is 0.250. The highest BCUT2D eigenvalue weighted by Gasteiger charge is 2.15. The molecule has 1 aromatic rings. The molecule has 1 rings (SSSR count). The van der Waals surface area contributed by atoms with Crippen molar-refractivity contribution in [3.63, 3.8) is 0 Å². The van der Waals surface area contributed by atoms with Gasteiger partial charge in [0.05, 0.1) is 12.4 Å². The van der Waals surface area contributed by atoms with E-state index in [1.165, 1.54) is 0 Å². The van der Waals surface area contributed by atoms with E-state index in [2.05, 4.69) is 0 Å². The lowest BCUT2D eigenvalue weighted by atomic mass is 10.3. The van der Waals surface area contributed by atoms with Gasteiger partial charge in [-0.25, -0.2) is 17.2 Å². The fourth-order valence-corrected chi connectivity index (χ4v) is 1.77. The average molecular weight is 237 g/mol. The van der Waals surface area contributed by atoms with E-state index < -0.39 is 39.7 Å². The van der Waals surface area contributed by atoms with Crippen molar-refractivity contribution in [3.8, 4) is 0 Å². The van der Waals surface area contributed by atoms with Crippen molar-refractivity contribution < 1.29 is 22.3 Å². The second-order valence-corrected chi connectivity index (χ2v) is 4.58. The van der Waals surface area contributed by atoms with E-state index in [0.717, 1.165) is 18.2 Å². The molecule has 4 nitrogen and oxygen atoms in total. The molecule has 0 saturated heterocycles. The van der Waals surface area contributed by atoms with Gasteiger partial charge < -0.3 is 5.11 Å². The predicted molar refractivity (Wildman–Crippen MR) is 50.9 cm³/mol. The number of hydrogen-bond donors (Lipinski definition) is 2. The molecule has 84 valence electrons. The Hall–Kier alpha value is -1.21. The molecule has 0 aromatic heterocycles. The van der Waals surface area contributed by atoms with E-state index in [9.17, 15) is 17.2 Å². The molecule has 0 saturated carbocycles. The molecule has 15 heavy (non-hydrogen) atoms. The molecule has 0 atom stereocenters. The highest BCUT2D eigenvalue weighted by Crippen LogP contribution is 2.19. The molecular formula is C8H9F2NO3S. The zero-order chi connectivity index (χ0) is 11.5. The molecule has 1 aromatic carbocycles. The van der Waals surface area contributed by atoms with Crippen LogP contribution in [0.5, 0.6) is 0 Å². The van der Waals surface area contributed by atoms with Crippen LogP contribution in [0.4, 0.5) is 14.5 Å². The summed E-state index contributed by atoms with van der Waals surface area (Å²) in [5, 5.41) is 8.41. The number of hydrogen-bond acceptors (Lipinski definition) is 3. The Labute approximate surface area is 85.6 Å². The highest BCUT2D eigenvalue weighted by molar-refractivity contribution is 7.92. The molecule has 0 unspecified atom stereocenters. The number of sulfonamides is 1. The summed E-state index contributed by atoms with van der Waals surface area (Å²) in [6.45, 7) is -0.620. The van der Waals surface area contributed by atoms with Gasteiger partial charge in [-0.3, -0.25) is 4.72 Å². The summed E-state index contributed by atoms with van der Waals surface area (Å²) < 4.78 is 49.9. The summed E-state index contributed by atoms with van der Waals surface area (Å²) in [5.74, 6) is -2.62. The summed E-state index contributed by atoms with van der Waals surface area (Å²) in [7, 11) is -3.91. The second-order valence-electron chi connectivity index (χ2n) is 2.74. The Balaban J connectivity index is 2.99. The summed E-state index contributed by atoms with van der Waals surface area (Å²) in [6.07, 6.45) is 0. The number of nitrogens with one attached hydrogen (secondary N) is 1. The number of rotatable bonds is 4. The monoisotopic (exact) mass is 237 g/mol. The second kappa shape index (κ2) is 4.54. The number of benzene rings is 1. The van der Waals surface area contributed by atoms with Crippen LogP contribution in [0.3, 0.4) is 0 Å². The van der Waals surface area contributed by atoms with E-state index >= 15 is 0 Å². The fourth-order valence-electron chi connectivity index (χ4n) is 0.922. The molecule has 0 aliphatic carbocycles. The van der Waals surface area contributed by atoms with Crippen molar-refractivity contribution in [1.82, 2.24) is 0 Å². The smallest absolute Gasteiger partial charge is 0.235 e. The SMILES string of the molecule is O=S(=O)(CCO)Nc1c(F)cccc1F. The van der Waals surface area contributed by atoms with Gasteiger partial charge in [-0.2, -0.15) is 0 Å². The third-order valence-electron chi connectivity index (χ3n) is 1.58. The van der Waals surface area contributed by atoms with Crippen molar-refractivity contribution in [2.24, 2.45) is 0 Å². The Morgan fingerprint density at radius 2 is 1.80 bits per heavy atom. The van der Waals surface area contributed by atoms with E-state index in [1.807, 2.05) is 0 Å². The van der Waals surface area contributed by atoms with E-state index in [4.69, 9.17) is 5.11 Å².